The van der Waals surface area contributed by atoms with Gasteiger partial charge in [-0.25, -0.2) is 4.98 Å². The summed E-state index contributed by atoms with van der Waals surface area (Å²) in [6, 6.07) is 1.78. The lowest BCUT2D eigenvalue weighted by Crippen LogP contribution is -2.50. The topological polar surface area (TPSA) is 89.1 Å². The Kier molecular flexibility index (Phi) is 4.59. The van der Waals surface area contributed by atoms with E-state index in [9.17, 15) is 4.79 Å². The molecule has 7 nitrogen and oxygen atoms in total. The fourth-order valence-electron chi connectivity index (χ4n) is 2.84. The molecule has 1 saturated carbocycles. The summed E-state index contributed by atoms with van der Waals surface area (Å²) in [5.41, 5.74) is 4.19. The first kappa shape index (κ1) is 15.7. The van der Waals surface area contributed by atoms with Gasteiger partial charge in [0, 0.05) is 23.6 Å². The van der Waals surface area contributed by atoms with Gasteiger partial charge in [-0.2, -0.15) is 5.10 Å². The maximum Gasteiger partial charge on any atom is 0.272 e. The first-order chi connectivity index (χ1) is 11.8. The summed E-state index contributed by atoms with van der Waals surface area (Å²) < 4.78 is 11.4. The van der Waals surface area contributed by atoms with Crippen molar-refractivity contribution in [3.8, 4) is 0 Å². The van der Waals surface area contributed by atoms with Gasteiger partial charge in [0.25, 0.3) is 5.91 Å². The minimum atomic E-state index is -0.175. The van der Waals surface area contributed by atoms with E-state index in [0.717, 1.165) is 17.8 Å². The third kappa shape index (κ3) is 3.66. The molecular weight excluding hydrogens is 328 g/mol. The van der Waals surface area contributed by atoms with Gasteiger partial charge in [-0.15, -0.1) is 11.3 Å². The van der Waals surface area contributed by atoms with Crippen molar-refractivity contribution in [2.24, 2.45) is 0 Å². The van der Waals surface area contributed by atoms with E-state index < -0.39 is 0 Å². The Morgan fingerprint density at radius 2 is 2.38 bits per heavy atom. The standard InChI is InChI=1S/C16H20N4O3S/c21-16(14-5-13(19-20-14)10-1-2-10)18-12-3-4-22-7-15(12)23-6-11-8-24-9-17-11/h5,8-10,12,15H,1-4,6-7H2,(H,18,21)(H,19,20)/t12-,15-/m1/s1. The largest absolute Gasteiger partial charge is 0.379 e. The van der Waals surface area contributed by atoms with E-state index in [1.165, 1.54) is 12.8 Å². The zero-order valence-electron chi connectivity index (χ0n) is 13.2. The van der Waals surface area contributed by atoms with Gasteiger partial charge in [-0.3, -0.25) is 9.89 Å². The first-order valence-electron chi connectivity index (χ1n) is 8.22. The zero-order valence-corrected chi connectivity index (χ0v) is 14.1. The number of hydrogen-bond donors (Lipinski definition) is 2. The van der Waals surface area contributed by atoms with Crippen LogP contribution in [0.1, 0.15) is 47.1 Å². The highest BCUT2D eigenvalue weighted by atomic mass is 32.1. The molecule has 2 N–H and O–H groups in total. The molecule has 0 aromatic carbocycles. The molecule has 3 heterocycles. The zero-order chi connectivity index (χ0) is 16.4. The fourth-order valence-corrected chi connectivity index (χ4v) is 3.38. The van der Waals surface area contributed by atoms with Crippen LogP contribution in [0.4, 0.5) is 0 Å². The lowest BCUT2D eigenvalue weighted by Gasteiger charge is -2.31. The van der Waals surface area contributed by atoms with Crippen LogP contribution in [0.2, 0.25) is 0 Å². The average molecular weight is 348 g/mol. The smallest absolute Gasteiger partial charge is 0.272 e. The lowest BCUT2D eigenvalue weighted by atomic mass is 10.1. The van der Waals surface area contributed by atoms with E-state index in [2.05, 4.69) is 20.5 Å². The molecule has 0 unspecified atom stereocenters. The monoisotopic (exact) mass is 348 g/mol. The molecule has 0 radical (unpaired) electrons. The Morgan fingerprint density at radius 1 is 1.46 bits per heavy atom. The van der Waals surface area contributed by atoms with Crippen molar-refractivity contribution >= 4 is 17.2 Å². The van der Waals surface area contributed by atoms with Gasteiger partial charge in [-0.05, 0) is 25.3 Å². The van der Waals surface area contributed by atoms with Gasteiger partial charge >= 0.3 is 0 Å². The SMILES string of the molecule is O=C(N[C@@H]1CCOC[C@H]1OCc1cscn1)c1cc(C2CC2)[nH]n1. The Balaban J connectivity index is 1.35. The van der Waals surface area contributed by atoms with Gasteiger partial charge in [0.2, 0.25) is 0 Å². The molecule has 2 atom stereocenters. The van der Waals surface area contributed by atoms with E-state index in [0.29, 0.717) is 31.4 Å². The third-order valence-corrected chi connectivity index (χ3v) is 5.03. The van der Waals surface area contributed by atoms with E-state index in [4.69, 9.17) is 9.47 Å². The van der Waals surface area contributed by atoms with Gasteiger partial charge in [0.1, 0.15) is 11.8 Å². The number of thiazole rings is 1. The van der Waals surface area contributed by atoms with Crippen molar-refractivity contribution in [3.63, 3.8) is 0 Å². The van der Waals surface area contributed by atoms with Crippen LogP contribution in [0.5, 0.6) is 0 Å². The molecule has 128 valence electrons. The van der Waals surface area contributed by atoms with Crippen LogP contribution in [0.15, 0.2) is 17.0 Å². The molecule has 1 amide bonds. The number of carbonyl (C=O) groups excluding carboxylic acids is 1. The normalized spacial score (nSPS) is 24.0. The molecule has 1 aliphatic heterocycles. The minimum absolute atomic E-state index is 0.0778. The molecule has 4 rings (SSSR count). The average Bonchev–Trinajstić information content (AvgIpc) is 3.12. The highest BCUT2D eigenvalue weighted by Crippen LogP contribution is 2.38. The quantitative estimate of drug-likeness (QED) is 0.832. The second-order valence-electron chi connectivity index (χ2n) is 6.26. The van der Waals surface area contributed by atoms with Crippen molar-refractivity contribution in [2.75, 3.05) is 13.2 Å². The van der Waals surface area contributed by atoms with Crippen molar-refractivity contribution in [1.82, 2.24) is 20.5 Å². The van der Waals surface area contributed by atoms with E-state index in [1.54, 1.807) is 16.8 Å². The summed E-state index contributed by atoms with van der Waals surface area (Å²) in [4.78, 5) is 16.7. The van der Waals surface area contributed by atoms with Gasteiger partial charge in [0.05, 0.1) is 30.5 Å². The maximum absolute atomic E-state index is 12.4. The molecule has 0 spiro atoms. The molecule has 2 aromatic rings. The molecule has 2 aliphatic rings. The van der Waals surface area contributed by atoms with Crippen molar-refractivity contribution in [2.45, 2.75) is 43.9 Å². The summed E-state index contributed by atoms with van der Waals surface area (Å²) in [7, 11) is 0. The number of nitrogens with one attached hydrogen (secondary N) is 2. The number of H-pyrrole nitrogens is 1. The fraction of sp³-hybridized carbons (Fsp3) is 0.562. The van der Waals surface area contributed by atoms with Crippen molar-refractivity contribution in [1.29, 1.82) is 0 Å². The Hall–Kier alpha value is -1.77. The summed E-state index contributed by atoms with van der Waals surface area (Å²) in [5.74, 6) is 0.392. The molecule has 2 aromatic heterocycles. The first-order valence-corrected chi connectivity index (χ1v) is 9.16. The number of aromatic amines is 1. The van der Waals surface area contributed by atoms with E-state index >= 15 is 0 Å². The summed E-state index contributed by atoms with van der Waals surface area (Å²) in [6.07, 6.45) is 2.91. The Morgan fingerprint density at radius 3 is 3.17 bits per heavy atom. The summed E-state index contributed by atoms with van der Waals surface area (Å²) >= 11 is 1.54. The van der Waals surface area contributed by atoms with Crippen LogP contribution >= 0.6 is 11.3 Å². The highest BCUT2D eigenvalue weighted by molar-refractivity contribution is 7.07. The van der Waals surface area contributed by atoms with Crippen LogP contribution < -0.4 is 5.32 Å². The number of hydrogen-bond acceptors (Lipinski definition) is 6. The molecule has 0 bridgehead atoms. The lowest BCUT2D eigenvalue weighted by molar-refractivity contribution is -0.0742. The van der Waals surface area contributed by atoms with E-state index in [-0.39, 0.29) is 18.1 Å². The van der Waals surface area contributed by atoms with Crippen LogP contribution in [0.25, 0.3) is 0 Å². The van der Waals surface area contributed by atoms with Crippen LogP contribution in [0, 0.1) is 0 Å². The number of ether oxygens (including phenoxy) is 2. The second-order valence-corrected chi connectivity index (χ2v) is 6.97. The Labute approximate surface area is 143 Å². The number of nitrogens with zero attached hydrogens (tertiary/aromatic N) is 2. The van der Waals surface area contributed by atoms with E-state index in [1.807, 2.05) is 11.4 Å². The van der Waals surface area contributed by atoms with Crippen LogP contribution in [-0.2, 0) is 16.1 Å². The predicted molar refractivity (Wildman–Crippen MR) is 87.9 cm³/mol. The second kappa shape index (κ2) is 7.00. The molecular formula is C16H20N4O3S. The highest BCUT2D eigenvalue weighted by Gasteiger charge is 2.30. The summed E-state index contributed by atoms with van der Waals surface area (Å²) in [5, 5.41) is 12.1. The molecule has 1 saturated heterocycles. The minimum Gasteiger partial charge on any atom is -0.379 e. The molecule has 24 heavy (non-hydrogen) atoms. The molecule has 1 aliphatic carbocycles. The number of rotatable bonds is 6. The van der Waals surface area contributed by atoms with Crippen molar-refractivity contribution < 1.29 is 14.3 Å². The number of aromatic nitrogens is 3. The summed E-state index contributed by atoms with van der Waals surface area (Å²) in [6.45, 7) is 1.52. The van der Waals surface area contributed by atoms with Crippen molar-refractivity contribution in [3.05, 3.63) is 34.0 Å². The van der Waals surface area contributed by atoms with Crippen LogP contribution in [-0.4, -0.2) is 46.4 Å². The number of carbonyl (C=O) groups is 1. The van der Waals surface area contributed by atoms with Gasteiger partial charge in [-0.1, -0.05) is 0 Å². The predicted octanol–water partition coefficient (Wildman–Crippen LogP) is 1.85. The van der Waals surface area contributed by atoms with Gasteiger partial charge < -0.3 is 14.8 Å². The van der Waals surface area contributed by atoms with Gasteiger partial charge in [0.15, 0.2) is 0 Å². The molecule has 8 heteroatoms. The van der Waals surface area contributed by atoms with Crippen LogP contribution in [0.3, 0.4) is 0 Å². The molecule has 2 fully saturated rings. The number of amides is 1. The maximum atomic E-state index is 12.4. The Bertz CT molecular complexity index is 683. The third-order valence-electron chi connectivity index (χ3n) is 4.40.